The number of hydrogen-bond acceptors (Lipinski definition) is 6. The van der Waals surface area contributed by atoms with Crippen molar-refractivity contribution < 1.29 is 9.63 Å². The Morgan fingerprint density at radius 2 is 1.80 bits per heavy atom. The number of aromatic nitrogens is 2. The average Bonchev–Trinajstić information content (AvgIpc) is 2.78. The van der Waals surface area contributed by atoms with Crippen molar-refractivity contribution in [1.82, 2.24) is 19.9 Å². The van der Waals surface area contributed by atoms with E-state index in [1.807, 2.05) is 27.7 Å². The number of nitrogens with zero attached hydrogens (tertiary/aromatic N) is 4. The molecule has 20 heavy (non-hydrogen) atoms. The van der Waals surface area contributed by atoms with Gasteiger partial charge in [0.05, 0.1) is 12.1 Å². The number of β-amino-alcohol motifs (C(OH)–C–C–N with tert-alkyl or cyclic N) is 1. The quantitative estimate of drug-likeness (QED) is 0.872. The van der Waals surface area contributed by atoms with E-state index >= 15 is 0 Å². The molecule has 1 fully saturated rings. The zero-order valence-electron chi connectivity index (χ0n) is 13.0. The molecule has 0 bridgehead atoms. The van der Waals surface area contributed by atoms with Crippen LogP contribution in [0.4, 0.5) is 0 Å². The second kappa shape index (κ2) is 6.20. The van der Waals surface area contributed by atoms with E-state index < -0.39 is 5.60 Å². The smallest absolute Gasteiger partial charge is 0.229 e. The third-order valence-corrected chi connectivity index (χ3v) is 3.42. The Balaban J connectivity index is 1.79. The van der Waals surface area contributed by atoms with Crippen molar-refractivity contribution in [2.75, 3.05) is 32.7 Å². The van der Waals surface area contributed by atoms with Crippen molar-refractivity contribution in [3.63, 3.8) is 0 Å². The molecule has 114 valence electrons. The normalized spacial score (nSPS) is 18.9. The number of aliphatic hydroxyl groups is 1. The van der Waals surface area contributed by atoms with Gasteiger partial charge in [0.25, 0.3) is 0 Å². The van der Waals surface area contributed by atoms with Gasteiger partial charge in [-0.15, -0.1) is 0 Å². The van der Waals surface area contributed by atoms with Gasteiger partial charge >= 0.3 is 0 Å². The summed E-state index contributed by atoms with van der Waals surface area (Å²) in [5.74, 6) is 1.75. The molecule has 0 radical (unpaired) electrons. The van der Waals surface area contributed by atoms with Crippen LogP contribution < -0.4 is 0 Å². The second-order valence-electron chi connectivity index (χ2n) is 6.57. The Kier molecular flexibility index (Phi) is 4.78. The van der Waals surface area contributed by atoms with Crippen LogP contribution in [0.5, 0.6) is 0 Å². The molecule has 2 heterocycles. The van der Waals surface area contributed by atoms with Crippen LogP contribution in [0, 0.1) is 0 Å². The van der Waals surface area contributed by atoms with Crippen LogP contribution in [0.3, 0.4) is 0 Å². The van der Waals surface area contributed by atoms with Gasteiger partial charge in [0.1, 0.15) is 0 Å². The standard InChI is InChI=1S/C14H26N4O2/c1-11(2)13-15-12(16-20-13)9-17-5-7-18(8-6-17)10-14(3,4)19/h11,19H,5-10H2,1-4H3. The molecule has 1 saturated heterocycles. The number of hydrogen-bond donors (Lipinski definition) is 1. The van der Waals surface area contributed by atoms with E-state index in [2.05, 4.69) is 19.9 Å². The molecule has 0 atom stereocenters. The van der Waals surface area contributed by atoms with E-state index in [4.69, 9.17) is 4.52 Å². The second-order valence-corrected chi connectivity index (χ2v) is 6.57. The van der Waals surface area contributed by atoms with Gasteiger partial charge < -0.3 is 9.63 Å². The Labute approximate surface area is 120 Å². The van der Waals surface area contributed by atoms with Crippen LogP contribution in [0.25, 0.3) is 0 Å². The maximum absolute atomic E-state index is 9.84. The highest BCUT2D eigenvalue weighted by Crippen LogP contribution is 2.13. The summed E-state index contributed by atoms with van der Waals surface area (Å²) in [7, 11) is 0. The summed E-state index contributed by atoms with van der Waals surface area (Å²) in [5.41, 5.74) is -0.623. The molecule has 2 rings (SSSR count). The van der Waals surface area contributed by atoms with Crippen molar-refractivity contribution in [1.29, 1.82) is 0 Å². The van der Waals surface area contributed by atoms with E-state index in [9.17, 15) is 5.11 Å². The van der Waals surface area contributed by atoms with Gasteiger partial charge in [0, 0.05) is 38.6 Å². The first kappa shape index (κ1) is 15.4. The Bertz CT molecular complexity index is 417. The molecule has 0 aliphatic carbocycles. The topological polar surface area (TPSA) is 65.6 Å². The summed E-state index contributed by atoms with van der Waals surface area (Å²) in [4.78, 5) is 9.04. The summed E-state index contributed by atoms with van der Waals surface area (Å²) in [5, 5.41) is 13.9. The average molecular weight is 282 g/mol. The number of rotatable bonds is 5. The summed E-state index contributed by atoms with van der Waals surface area (Å²) in [6.45, 7) is 13.2. The van der Waals surface area contributed by atoms with Gasteiger partial charge in [0.15, 0.2) is 5.82 Å². The predicted octanol–water partition coefficient (Wildman–Crippen LogP) is 1.08. The monoisotopic (exact) mass is 282 g/mol. The Morgan fingerprint density at radius 1 is 1.20 bits per heavy atom. The van der Waals surface area contributed by atoms with Crippen LogP contribution in [0.2, 0.25) is 0 Å². The lowest BCUT2D eigenvalue weighted by Crippen LogP contribution is -2.50. The first-order valence-electron chi connectivity index (χ1n) is 7.33. The zero-order chi connectivity index (χ0) is 14.8. The fraction of sp³-hybridized carbons (Fsp3) is 0.857. The van der Waals surface area contributed by atoms with E-state index in [1.165, 1.54) is 0 Å². The van der Waals surface area contributed by atoms with Gasteiger partial charge in [-0.3, -0.25) is 9.80 Å². The molecular weight excluding hydrogens is 256 g/mol. The minimum atomic E-state index is -0.623. The van der Waals surface area contributed by atoms with Crippen molar-refractivity contribution in [2.45, 2.75) is 45.8 Å². The minimum Gasteiger partial charge on any atom is -0.389 e. The molecule has 1 aromatic heterocycles. The van der Waals surface area contributed by atoms with E-state index in [-0.39, 0.29) is 5.92 Å². The Morgan fingerprint density at radius 3 is 2.30 bits per heavy atom. The molecule has 0 aromatic carbocycles. The Hall–Kier alpha value is -0.980. The lowest BCUT2D eigenvalue weighted by Gasteiger charge is -2.36. The summed E-state index contributed by atoms with van der Waals surface area (Å²) < 4.78 is 5.22. The fourth-order valence-corrected chi connectivity index (χ4v) is 2.42. The molecule has 1 N–H and O–H groups in total. The van der Waals surface area contributed by atoms with Gasteiger partial charge in [0.2, 0.25) is 5.89 Å². The maximum Gasteiger partial charge on any atom is 0.229 e. The minimum absolute atomic E-state index is 0.278. The molecule has 1 aliphatic heterocycles. The molecule has 0 spiro atoms. The highest BCUT2D eigenvalue weighted by Gasteiger charge is 2.23. The van der Waals surface area contributed by atoms with Crippen LogP contribution >= 0.6 is 0 Å². The van der Waals surface area contributed by atoms with Gasteiger partial charge in [-0.25, -0.2) is 0 Å². The van der Waals surface area contributed by atoms with Gasteiger partial charge in [-0.05, 0) is 13.8 Å². The van der Waals surface area contributed by atoms with E-state index in [0.717, 1.165) is 45.1 Å². The van der Waals surface area contributed by atoms with Gasteiger partial charge in [-0.2, -0.15) is 4.98 Å². The molecule has 0 unspecified atom stereocenters. The van der Waals surface area contributed by atoms with Crippen LogP contribution in [0.1, 0.15) is 45.3 Å². The summed E-state index contributed by atoms with van der Waals surface area (Å²) in [6, 6.07) is 0. The van der Waals surface area contributed by atoms with Crippen molar-refractivity contribution >= 4 is 0 Å². The van der Waals surface area contributed by atoms with Crippen molar-refractivity contribution in [3.8, 4) is 0 Å². The van der Waals surface area contributed by atoms with Crippen LogP contribution in [-0.4, -0.2) is 63.4 Å². The fourth-order valence-electron chi connectivity index (χ4n) is 2.42. The number of piperazine rings is 1. The van der Waals surface area contributed by atoms with E-state index in [0.29, 0.717) is 5.89 Å². The SMILES string of the molecule is CC(C)c1nc(CN2CCN(CC(C)(C)O)CC2)no1. The predicted molar refractivity (Wildman–Crippen MR) is 76.4 cm³/mol. The summed E-state index contributed by atoms with van der Waals surface area (Å²) in [6.07, 6.45) is 0. The molecule has 1 aliphatic rings. The third-order valence-electron chi connectivity index (χ3n) is 3.42. The molecule has 6 nitrogen and oxygen atoms in total. The highest BCUT2D eigenvalue weighted by molar-refractivity contribution is 4.91. The first-order chi connectivity index (χ1) is 9.33. The van der Waals surface area contributed by atoms with Crippen LogP contribution in [-0.2, 0) is 6.54 Å². The summed E-state index contributed by atoms with van der Waals surface area (Å²) >= 11 is 0. The van der Waals surface area contributed by atoms with Crippen molar-refractivity contribution in [2.24, 2.45) is 0 Å². The lowest BCUT2D eigenvalue weighted by molar-refractivity contribution is 0.0162. The highest BCUT2D eigenvalue weighted by atomic mass is 16.5. The largest absolute Gasteiger partial charge is 0.389 e. The molecule has 0 amide bonds. The molecule has 1 aromatic rings. The van der Waals surface area contributed by atoms with Crippen molar-refractivity contribution in [3.05, 3.63) is 11.7 Å². The molecule has 0 saturated carbocycles. The third kappa shape index (κ3) is 4.54. The van der Waals surface area contributed by atoms with Crippen LogP contribution in [0.15, 0.2) is 4.52 Å². The lowest BCUT2D eigenvalue weighted by atomic mass is 10.1. The van der Waals surface area contributed by atoms with Gasteiger partial charge in [-0.1, -0.05) is 19.0 Å². The molecule has 6 heteroatoms. The zero-order valence-corrected chi connectivity index (χ0v) is 13.0. The maximum atomic E-state index is 9.84. The molecular formula is C14H26N4O2. The van der Waals surface area contributed by atoms with E-state index in [1.54, 1.807) is 0 Å². The first-order valence-corrected chi connectivity index (χ1v) is 7.33.